The second-order valence-corrected chi connectivity index (χ2v) is 5.11. The summed E-state index contributed by atoms with van der Waals surface area (Å²) in [6.45, 7) is 0.436. The van der Waals surface area contributed by atoms with Gasteiger partial charge < -0.3 is 4.74 Å². The number of halogens is 2. The van der Waals surface area contributed by atoms with Crippen LogP contribution in [0.15, 0.2) is 46.9 Å². The topological polar surface area (TPSA) is 26.3 Å². The Morgan fingerprint density at radius 1 is 1.17 bits per heavy atom. The fourth-order valence-electron chi connectivity index (χ4n) is 1.48. The van der Waals surface area contributed by atoms with Crippen molar-refractivity contribution < 1.29 is 9.53 Å². The molecule has 0 aromatic heterocycles. The minimum absolute atomic E-state index is 0.436. The predicted octanol–water partition coefficient (Wildman–Crippen LogP) is 4.49. The molecule has 0 aliphatic rings. The Morgan fingerprint density at radius 3 is 2.56 bits per heavy atom. The number of benzene rings is 2. The van der Waals surface area contributed by atoms with Crippen LogP contribution in [-0.4, -0.2) is 6.29 Å². The van der Waals surface area contributed by atoms with Crippen molar-refractivity contribution in [1.29, 1.82) is 0 Å². The molecular weight excluding hydrogens is 316 g/mol. The van der Waals surface area contributed by atoms with Gasteiger partial charge in [0.05, 0.1) is 0 Å². The van der Waals surface area contributed by atoms with Crippen molar-refractivity contribution in [3.8, 4) is 5.75 Å². The van der Waals surface area contributed by atoms with Crippen molar-refractivity contribution in [3.63, 3.8) is 0 Å². The molecule has 0 fully saturated rings. The zero-order chi connectivity index (χ0) is 13.0. The van der Waals surface area contributed by atoms with E-state index in [4.69, 9.17) is 16.3 Å². The van der Waals surface area contributed by atoms with E-state index in [0.717, 1.165) is 16.3 Å². The van der Waals surface area contributed by atoms with Gasteiger partial charge in [0, 0.05) is 15.1 Å². The SMILES string of the molecule is O=Cc1cc(Br)cc(OCc2ccc(Cl)cc2)c1. The molecule has 0 N–H and O–H groups in total. The second-order valence-electron chi connectivity index (χ2n) is 3.75. The van der Waals surface area contributed by atoms with Gasteiger partial charge in [-0.05, 0) is 35.9 Å². The average molecular weight is 326 g/mol. The Morgan fingerprint density at radius 2 is 1.89 bits per heavy atom. The van der Waals surface area contributed by atoms with Crippen LogP contribution in [0.25, 0.3) is 0 Å². The van der Waals surface area contributed by atoms with Crippen molar-refractivity contribution in [2.75, 3.05) is 0 Å². The van der Waals surface area contributed by atoms with Gasteiger partial charge in [0.2, 0.25) is 0 Å². The zero-order valence-electron chi connectivity index (χ0n) is 9.40. The van der Waals surface area contributed by atoms with E-state index in [1.807, 2.05) is 30.3 Å². The van der Waals surface area contributed by atoms with E-state index in [0.29, 0.717) is 22.9 Å². The highest BCUT2D eigenvalue weighted by molar-refractivity contribution is 9.10. The van der Waals surface area contributed by atoms with Crippen molar-refractivity contribution in [2.24, 2.45) is 0 Å². The first-order valence-electron chi connectivity index (χ1n) is 5.30. The Hall–Kier alpha value is -1.32. The second kappa shape index (κ2) is 6.03. The first kappa shape index (κ1) is 13.1. The molecule has 0 bridgehead atoms. The maximum absolute atomic E-state index is 10.7. The van der Waals surface area contributed by atoms with Crippen LogP contribution in [0.4, 0.5) is 0 Å². The van der Waals surface area contributed by atoms with Crippen LogP contribution in [0.3, 0.4) is 0 Å². The van der Waals surface area contributed by atoms with Crippen molar-refractivity contribution in [1.82, 2.24) is 0 Å². The molecule has 2 aromatic carbocycles. The van der Waals surface area contributed by atoms with Crippen LogP contribution in [0.2, 0.25) is 5.02 Å². The fourth-order valence-corrected chi connectivity index (χ4v) is 2.10. The van der Waals surface area contributed by atoms with Gasteiger partial charge in [0.25, 0.3) is 0 Å². The summed E-state index contributed by atoms with van der Waals surface area (Å²) in [5.41, 5.74) is 1.60. The zero-order valence-corrected chi connectivity index (χ0v) is 11.7. The summed E-state index contributed by atoms with van der Waals surface area (Å²) in [6.07, 6.45) is 0.792. The highest BCUT2D eigenvalue weighted by atomic mass is 79.9. The molecule has 0 heterocycles. The maximum atomic E-state index is 10.7. The van der Waals surface area contributed by atoms with Crippen LogP contribution >= 0.6 is 27.5 Å². The molecule has 0 atom stereocenters. The largest absolute Gasteiger partial charge is 0.489 e. The van der Waals surface area contributed by atoms with Crippen LogP contribution in [-0.2, 0) is 6.61 Å². The minimum atomic E-state index is 0.436. The first-order chi connectivity index (χ1) is 8.67. The van der Waals surface area contributed by atoms with Crippen LogP contribution < -0.4 is 4.74 Å². The highest BCUT2D eigenvalue weighted by Gasteiger charge is 2.01. The Kier molecular flexibility index (Phi) is 4.39. The quantitative estimate of drug-likeness (QED) is 0.774. The summed E-state index contributed by atoms with van der Waals surface area (Å²) in [7, 11) is 0. The molecule has 0 aliphatic heterocycles. The molecule has 0 amide bonds. The highest BCUT2D eigenvalue weighted by Crippen LogP contribution is 2.21. The lowest BCUT2D eigenvalue weighted by Gasteiger charge is -2.07. The summed E-state index contributed by atoms with van der Waals surface area (Å²) in [6, 6.07) is 12.7. The monoisotopic (exact) mass is 324 g/mol. The molecule has 92 valence electrons. The predicted molar refractivity (Wildman–Crippen MR) is 75.3 cm³/mol. The summed E-state index contributed by atoms with van der Waals surface area (Å²) in [5.74, 6) is 0.654. The fraction of sp³-hybridized carbons (Fsp3) is 0.0714. The molecular formula is C14H10BrClO2. The lowest BCUT2D eigenvalue weighted by Crippen LogP contribution is -1.96. The number of aldehydes is 1. The van der Waals surface area contributed by atoms with E-state index in [1.54, 1.807) is 12.1 Å². The molecule has 2 aromatic rings. The Labute approximate surface area is 119 Å². The van der Waals surface area contributed by atoms with E-state index < -0.39 is 0 Å². The molecule has 0 saturated carbocycles. The van der Waals surface area contributed by atoms with Crippen molar-refractivity contribution >= 4 is 33.8 Å². The molecule has 2 rings (SSSR count). The summed E-state index contributed by atoms with van der Waals surface area (Å²) >= 11 is 9.14. The van der Waals surface area contributed by atoms with E-state index >= 15 is 0 Å². The van der Waals surface area contributed by atoms with Gasteiger partial charge in [-0.1, -0.05) is 39.7 Å². The van der Waals surface area contributed by atoms with E-state index in [2.05, 4.69) is 15.9 Å². The molecule has 0 saturated heterocycles. The number of hydrogen-bond donors (Lipinski definition) is 0. The lowest BCUT2D eigenvalue weighted by molar-refractivity contribution is 0.112. The van der Waals surface area contributed by atoms with E-state index in [1.165, 1.54) is 0 Å². The molecule has 18 heavy (non-hydrogen) atoms. The molecule has 0 unspecified atom stereocenters. The summed E-state index contributed by atoms with van der Waals surface area (Å²) < 4.78 is 6.44. The summed E-state index contributed by atoms with van der Waals surface area (Å²) in [5, 5.41) is 0.699. The van der Waals surface area contributed by atoms with Crippen molar-refractivity contribution in [2.45, 2.75) is 6.61 Å². The van der Waals surface area contributed by atoms with Gasteiger partial charge in [0.1, 0.15) is 18.6 Å². The third kappa shape index (κ3) is 3.59. The molecule has 0 radical (unpaired) electrons. The lowest BCUT2D eigenvalue weighted by atomic mass is 10.2. The number of hydrogen-bond acceptors (Lipinski definition) is 2. The Balaban J connectivity index is 2.08. The van der Waals surface area contributed by atoms with Gasteiger partial charge in [-0.15, -0.1) is 0 Å². The number of carbonyl (C=O) groups is 1. The van der Waals surface area contributed by atoms with Gasteiger partial charge in [-0.3, -0.25) is 4.79 Å². The van der Waals surface area contributed by atoms with Crippen LogP contribution in [0.5, 0.6) is 5.75 Å². The normalized spacial score (nSPS) is 10.1. The van der Waals surface area contributed by atoms with Crippen molar-refractivity contribution in [3.05, 3.63) is 63.1 Å². The number of carbonyl (C=O) groups excluding carboxylic acids is 1. The van der Waals surface area contributed by atoms with Gasteiger partial charge >= 0.3 is 0 Å². The number of ether oxygens (including phenoxy) is 1. The molecule has 4 heteroatoms. The first-order valence-corrected chi connectivity index (χ1v) is 6.47. The summed E-state index contributed by atoms with van der Waals surface area (Å²) in [4.78, 5) is 10.7. The van der Waals surface area contributed by atoms with E-state index in [9.17, 15) is 4.79 Å². The van der Waals surface area contributed by atoms with Gasteiger partial charge in [-0.2, -0.15) is 0 Å². The maximum Gasteiger partial charge on any atom is 0.150 e. The average Bonchev–Trinajstić information content (AvgIpc) is 2.37. The molecule has 2 nitrogen and oxygen atoms in total. The number of rotatable bonds is 4. The van der Waals surface area contributed by atoms with Crippen LogP contribution in [0, 0.1) is 0 Å². The third-order valence-electron chi connectivity index (χ3n) is 2.35. The minimum Gasteiger partial charge on any atom is -0.489 e. The third-order valence-corrected chi connectivity index (χ3v) is 3.06. The van der Waals surface area contributed by atoms with Gasteiger partial charge in [0.15, 0.2) is 0 Å². The van der Waals surface area contributed by atoms with Crippen LogP contribution in [0.1, 0.15) is 15.9 Å². The van der Waals surface area contributed by atoms with E-state index in [-0.39, 0.29) is 0 Å². The standard InChI is InChI=1S/C14H10BrClO2/c15-12-5-11(8-17)6-14(7-12)18-9-10-1-3-13(16)4-2-10/h1-8H,9H2. The Bertz CT molecular complexity index is 552. The molecule has 0 aliphatic carbocycles. The smallest absolute Gasteiger partial charge is 0.150 e. The molecule has 0 spiro atoms. The van der Waals surface area contributed by atoms with Gasteiger partial charge in [-0.25, -0.2) is 0 Å².